The van der Waals surface area contributed by atoms with E-state index in [-0.39, 0.29) is 6.61 Å². The van der Waals surface area contributed by atoms with Crippen molar-refractivity contribution < 1.29 is 39.5 Å². The Morgan fingerprint density at radius 3 is 2.07 bits per heavy atom. The maximum atomic E-state index is 11.1. The molecule has 1 atom stereocenters. The van der Waals surface area contributed by atoms with E-state index in [1.54, 1.807) is 0 Å². The summed E-state index contributed by atoms with van der Waals surface area (Å²) in [5.41, 5.74) is -2.38. The van der Waals surface area contributed by atoms with Gasteiger partial charge < -0.3 is 25.2 Å². The van der Waals surface area contributed by atoms with Crippen molar-refractivity contribution in [2.24, 2.45) is 0 Å². The van der Waals surface area contributed by atoms with Crippen LogP contribution in [0.3, 0.4) is 0 Å². The van der Waals surface area contributed by atoms with E-state index in [0.717, 1.165) is 31.2 Å². The Labute approximate surface area is 163 Å². The maximum absolute atomic E-state index is 11.1. The van der Waals surface area contributed by atoms with Crippen molar-refractivity contribution in [3.8, 4) is 0 Å². The smallest absolute Gasteiger partial charge is 0.351 e. The van der Waals surface area contributed by atoms with Crippen molar-refractivity contribution in [3.63, 3.8) is 0 Å². The van der Waals surface area contributed by atoms with Gasteiger partial charge in [-0.25, -0.2) is 14.4 Å². The molecule has 0 heterocycles. The van der Waals surface area contributed by atoms with Gasteiger partial charge in [-0.15, -0.1) is 0 Å². The Morgan fingerprint density at radius 1 is 0.929 bits per heavy atom. The first kappa shape index (κ1) is 23.3. The molecule has 0 bridgehead atoms. The van der Waals surface area contributed by atoms with Crippen LogP contribution in [0.1, 0.15) is 44.1 Å². The predicted octanol–water partition coefficient (Wildman–Crippen LogP) is 2.41. The lowest BCUT2D eigenvalue weighted by Gasteiger charge is -2.25. The highest BCUT2D eigenvalue weighted by Crippen LogP contribution is 2.17. The van der Waals surface area contributed by atoms with Crippen LogP contribution < -0.4 is 0 Å². The minimum Gasteiger partial charge on any atom is -0.479 e. The summed E-state index contributed by atoms with van der Waals surface area (Å²) in [5.74, 6) is -6.22. The molecule has 154 valence electrons. The van der Waals surface area contributed by atoms with Crippen LogP contribution in [0.5, 0.6) is 0 Å². The molecule has 1 rings (SSSR count). The molecular weight excluding hydrogens is 368 g/mol. The number of carboxylic acid groups (broad SMARTS) is 3. The van der Waals surface area contributed by atoms with Crippen molar-refractivity contribution in [3.05, 3.63) is 42.0 Å². The molecule has 0 saturated carbocycles. The van der Waals surface area contributed by atoms with Crippen LogP contribution in [0.15, 0.2) is 36.4 Å². The zero-order valence-corrected chi connectivity index (χ0v) is 15.5. The third-order valence-electron chi connectivity index (χ3n) is 4.17. The summed E-state index contributed by atoms with van der Waals surface area (Å²) in [5, 5.41) is 36.4. The van der Waals surface area contributed by atoms with Gasteiger partial charge in [-0.2, -0.15) is 0 Å². The molecule has 8 heteroatoms. The average molecular weight is 394 g/mol. The van der Waals surface area contributed by atoms with E-state index in [1.165, 1.54) is 0 Å². The van der Waals surface area contributed by atoms with Crippen LogP contribution >= 0.6 is 0 Å². The number of rotatable bonds is 14. The summed E-state index contributed by atoms with van der Waals surface area (Å²) in [7, 11) is 0. The first-order valence-corrected chi connectivity index (χ1v) is 9.05. The molecule has 8 nitrogen and oxygen atoms in total. The normalized spacial score (nSPS) is 12.8. The third-order valence-corrected chi connectivity index (χ3v) is 4.17. The van der Waals surface area contributed by atoms with Gasteiger partial charge in [0.25, 0.3) is 5.60 Å². The molecule has 0 radical (unpaired) electrons. The number of aliphatic hydroxyl groups is 1. The molecule has 0 aliphatic carbocycles. The Hall–Kier alpha value is -2.71. The fourth-order valence-corrected chi connectivity index (χ4v) is 2.57. The van der Waals surface area contributed by atoms with Crippen LogP contribution in [0.25, 0.3) is 6.08 Å². The van der Waals surface area contributed by atoms with Crippen molar-refractivity contribution >= 4 is 24.0 Å². The monoisotopic (exact) mass is 394 g/mol. The number of hydrogen-bond acceptors (Lipinski definition) is 5. The second-order valence-electron chi connectivity index (χ2n) is 6.34. The molecule has 0 aliphatic heterocycles. The first-order chi connectivity index (χ1) is 13.3. The Morgan fingerprint density at radius 2 is 1.50 bits per heavy atom. The summed E-state index contributed by atoms with van der Waals surface area (Å²) in [4.78, 5) is 33.1. The van der Waals surface area contributed by atoms with E-state index in [9.17, 15) is 19.5 Å². The van der Waals surface area contributed by atoms with Crippen molar-refractivity contribution in [2.75, 3.05) is 6.61 Å². The second kappa shape index (κ2) is 11.9. The minimum absolute atomic E-state index is 0.159. The molecule has 1 aromatic rings. The van der Waals surface area contributed by atoms with Crippen LogP contribution in [0.4, 0.5) is 0 Å². The van der Waals surface area contributed by atoms with E-state index < -0.39 is 29.6 Å². The third kappa shape index (κ3) is 7.13. The quantitative estimate of drug-likeness (QED) is 0.278. The second-order valence-corrected chi connectivity index (χ2v) is 6.34. The van der Waals surface area contributed by atoms with Crippen LogP contribution in [-0.4, -0.2) is 56.6 Å². The SMILES string of the molecule is O=C(O)C(OCCCCCCCC=Cc1ccccc1)C(O)(C(=O)O)C(=O)O. The minimum atomic E-state index is -3.53. The lowest BCUT2D eigenvalue weighted by Crippen LogP contribution is -2.60. The summed E-state index contributed by atoms with van der Waals surface area (Å²) in [6, 6.07) is 9.96. The lowest BCUT2D eigenvalue weighted by molar-refractivity contribution is -0.201. The number of unbranched alkanes of at least 4 members (excludes halogenated alkanes) is 5. The summed E-state index contributed by atoms with van der Waals surface area (Å²) >= 11 is 0. The fraction of sp³-hybridized carbons (Fsp3) is 0.450. The maximum Gasteiger partial charge on any atom is 0.351 e. The van der Waals surface area contributed by atoms with E-state index in [2.05, 4.69) is 12.2 Å². The molecule has 0 spiro atoms. The molecule has 28 heavy (non-hydrogen) atoms. The zero-order chi connectivity index (χ0) is 21.0. The molecule has 0 fully saturated rings. The van der Waals surface area contributed by atoms with Gasteiger partial charge in [0.15, 0.2) is 0 Å². The number of benzene rings is 1. The predicted molar refractivity (Wildman–Crippen MR) is 101 cm³/mol. The summed E-state index contributed by atoms with van der Waals surface area (Å²) in [6.07, 6.45) is 6.71. The van der Waals surface area contributed by atoms with E-state index >= 15 is 0 Å². The van der Waals surface area contributed by atoms with Crippen LogP contribution in [0.2, 0.25) is 0 Å². The molecule has 4 N–H and O–H groups in total. The number of allylic oxidation sites excluding steroid dienone is 1. The number of hydrogen-bond donors (Lipinski definition) is 4. The van der Waals surface area contributed by atoms with E-state index in [1.807, 2.05) is 30.3 Å². The van der Waals surface area contributed by atoms with Gasteiger partial charge in [0.1, 0.15) is 0 Å². The molecule has 0 saturated heterocycles. The van der Waals surface area contributed by atoms with Crippen molar-refractivity contribution in [1.29, 1.82) is 0 Å². The molecular formula is C20H26O8. The molecule has 0 aliphatic rings. The Bertz CT molecular complexity index is 654. The Kier molecular flexibility index (Phi) is 9.91. The standard InChI is InChI=1S/C20H26O8/c21-17(22)16(20(27,18(23)24)19(25)26)28-14-10-5-3-1-2-4-7-11-15-12-8-6-9-13-15/h6-9,11-13,16,27H,1-5,10,14H2,(H,21,22)(H,23,24)(H,25,26). The van der Waals surface area contributed by atoms with E-state index in [4.69, 9.17) is 20.1 Å². The van der Waals surface area contributed by atoms with Gasteiger partial charge in [0, 0.05) is 6.61 Å². The van der Waals surface area contributed by atoms with Gasteiger partial charge in [-0.3, -0.25) is 0 Å². The highest BCUT2D eigenvalue weighted by molar-refractivity contribution is 6.06. The lowest BCUT2D eigenvalue weighted by atomic mass is 9.97. The van der Waals surface area contributed by atoms with Crippen molar-refractivity contribution in [2.45, 2.75) is 50.2 Å². The van der Waals surface area contributed by atoms with Crippen LogP contribution in [0, 0.1) is 0 Å². The van der Waals surface area contributed by atoms with Gasteiger partial charge in [0.05, 0.1) is 0 Å². The first-order valence-electron chi connectivity index (χ1n) is 9.05. The molecule has 0 amide bonds. The van der Waals surface area contributed by atoms with E-state index in [0.29, 0.717) is 12.8 Å². The molecule has 0 aromatic heterocycles. The summed E-state index contributed by atoms with van der Waals surface area (Å²) < 4.78 is 4.86. The van der Waals surface area contributed by atoms with Gasteiger partial charge in [-0.05, 0) is 24.8 Å². The topological polar surface area (TPSA) is 141 Å². The Balaban J connectivity index is 2.24. The van der Waals surface area contributed by atoms with Gasteiger partial charge in [0.2, 0.25) is 6.10 Å². The number of ether oxygens (including phenoxy) is 1. The average Bonchev–Trinajstić information content (AvgIpc) is 2.65. The van der Waals surface area contributed by atoms with Crippen LogP contribution in [-0.2, 0) is 19.1 Å². The fourth-order valence-electron chi connectivity index (χ4n) is 2.57. The number of aliphatic carboxylic acids is 3. The van der Waals surface area contributed by atoms with Crippen molar-refractivity contribution in [1.82, 2.24) is 0 Å². The summed E-state index contributed by atoms with van der Waals surface area (Å²) in [6.45, 7) is -0.159. The number of carbonyl (C=O) groups is 3. The van der Waals surface area contributed by atoms with Gasteiger partial charge >= 0.3 is 17.9 Å². The highest BCUT2D eigenvalue weighted by Gasteiger charge is 2.56. The molecule has 1 unspecified atom stereocenters. The molecule has 1 aromatic carbocycles. The largest absolute Gasteiger partial charge is 0.479 e. The van der Waals surface area contributed by atoms with Gasteiger partial charge in [-0.1, -0.05) is 61.7 Å². The number of carboxylic acids is 3. The highest BCUT2D eigenvalue weighted by atomic mass is 16.5. The zero-order valence-electron chi connectivity index (χ0n) is 15.5.